The number of para-hydroxylation sites is 1. The third-order valence-electron chi connectivity index (χ3n) is 3.21. The zero-order valence-corrected chi connectivity index (χ0v) is 10.7. The summed E-state index contributed by atoms with van der Waals surface area (Å²) in [5, 5.41) is 11.0. The molecule has 0 bridgehead atoms. The summed E-state index contributed by atoms with van der Waals surface area (Å²) in [7, 11) is 0. The lowest BCUT2D eigenvalue weighted by Crippen LogP contribution is -2.34. The quantitative estimate of drug-likeness (QED) is 0.612. The zero-order valence-electron chi connectivity index (χ0n) is 9.93. The molecule has 1 saturated heterocycles. The van der Waals surface area contributed by atoms with E-state index >= 15 is 0 Å². The van der Waals surface area contributed by atoms with Crippen LogP contribution in [0.25, 0.3) is 0 Å². The third-order valence-corrected chi connectivity index (χ3v) is 3.52. The van der Waals surface area contributed by atoms with Crippen LogP contribution in [0.1, 0.15) is 30.1 Å². The number of carbonyl (C=O) groups excluding carboxylic acids is 1. The minimum Gasteiger partial charge on any atom is -0.336 e. The van der Waals surface area contributed by atoms with Crippen LogP contribution in [-0.2, 0) is 0 Å². The molecular formula is C12H13ClN2O3. The number of carbonyl (C=O) groups is 1. The first-order valence-electron chi connectivity index (χ1n) is 5.76. The maximum Gasteiger partial charge on any atom is 0.300 e. The van der Waals surface area contributed by atoms with Gasteiger partial charge in [0.15, 0.2) is 0 Å². The van der Waals surface area contributed by atoms with Gasteiger partial charge in [0, 0.05) is 12.6 Å². The molecule has 1 aliphatic heterocycles. The second-order valence-corrected chi connectivity index (χ2v) is 4.79. The number of likely N-dealkylation sites (tertiary alicyclic amines) is 1. The summed E-state index contributed by atoms with van der Waals surface area (Å²) in [6, 6.07) is 4.56. The van der Waals surface area contributed by atoms with Gasteiger partial charge in [0.25, 0.3) is 5.91 Å². The van der Waals surface area contributed by atoms with Crippen LogP contribution in [0, 0.1) is 10.1 Å². The number of nitrogens with zero attached hydrogens (tertiary/aromatic N) is 2. The first kappa shape index (κ1) is 12.8. The Balaban J connectivity index is 2.42. The van der Waals surface area contributed by atoms with E-state index in [1.807, 2.05) is 6.92 Å². The maximum absolute atomic E-state index is 12.3. The molecule has 18 heavy (non-hydrogen) atoms. The van der Waals surface area contributed by atoms with E-state index in [9.17, 15) is 14.9 Å². The van der Waals surface area contributed by atoms with E-state index in [-0.39, 0.29) is 28.2 Å². The van der Waals surface area contributed by atoms with Crippen molar-refractivity contribution in [3.05, 3.63) is 38.9 Å². The van der Waals surface area contributed by atoms with E-state index in [1.54, 1.807) is 11.0 Å². The second-order valence-electron chi connectivity index (χ2n) is 4.38. The van der Waals surface area contributed by atoms with Gasteiger partial charge in [-0.3, -0.25) is 14.9 Å². The van der Waals surface area contributed by atoms with Crippen LogP contribution < -0.4 is 0 Å². The summed E-state index contributed by atoms with van der Waals surface area (Å²) in [6.07, 6.45) is 1.86. The molecule has 5 nitrogen and oxygen atoms in total. The molecule has 6 heteroatoms. The molecule has 1 heterocycles. The van der Waals surface area contributed by atoms with Gasteiger partial charge < -0.3 is 4.90 Å². The van der Waals surface area contributed by atoms with Crippen LogP contribution in [-0.4, -0.2) is 28.3 Å². The van der Waals surface area contributed by atoms with Crippen molar-refractivity contribution in [2.24, 2.45) is 0 Å². The lowest BCUT2D eigenvalue weighted by Gasteiger charge is -2.21. The first-order chi connectivity index (χ1) is 8.52. The summed E-state index contributed by atoms with van der Waals surface area (Å²) in [4.78, 5) is 24.4. The lowest BCUT2D eigenvalue weighted by atomic mass is 10.1. The monoisotopic (exact) mass is 268 g/mol. The van der Waals surface area contributed by atoms with E-state index in [1.165, 1.54) is 12.1 Å². The molecule has 2 rings (SSSR count). The van der Waals surface area contributed by atoms with Gasteiger partial charge in [0.1, 0.15) is 10.6 Å². The summed E-state index contributed by atoms with van der Waals surface area (Å²) >= 11 is 5.80. The smallest absolute Gasteiger partial charge is 0.300 e. The van der Waals surface area contributed by atoms with Gasteiger partial charge in [-0.15, -0.1) is 0 Å². The highest BCUT2D eigenvalue weighted by Crippen LogP contribution is 2.30. The van der Waals surface area contributed by atoms with Crippen LogP contribution in [0.5, 0.6) is 0 Å². The number of nitro groups is 1. The van der Waals surface area contributed by atoms with Crippen molar-refractivity contribution in [1.82, 2.24) is 4.90 Å². The summed E-state index contributed by atoms with van der Waals surface area (Å²) in [5.41, 5.74) is -0.232. The number of hydrogen-bond acceptors (Lipinski definition) is 3. The van der Waals surface area contributed by atoms with Gasteiger partial charge in [-0.25, -0.2) is 0 Å². The summed E-state index contributed by atoms with van der Waals surface area (Å²) in [6.45, 7) is 2.59. The van der Waals surface area contributed by atoms with Crippen LogP contribution in [0.2, 0.25) is 5.02 Å². The normalized spacial score (nSPS) is 19.0. The molecule has 0 aliphatic carbocycles. The van der Waals surface area contributed by atoms with E-state index in [0.717, 1.165) is 12.8 Å². The highest BCUT2D eigenvalue weighted by Gasteiger charge is 2.31. The van der Waals surface area contributed by atoms with Crippen molar-refractivity contribution >= 4 is 23.2 Å². The molecule has 1 aromatic carbocycles. The predicted octanol–water partition coefficient (Wildman–Crippen LogP) is 2.87. The average molecular weight is 269 g/mol. The fourth-order valence-electron chi connectivity index (χ4n) is 2.26. The molecule has 1 fully saturated rings. The van der Waals surface area contributed by atoms with Crippen molar-refractivity contribution in [2.75, 3.05) is 6.54 Å². The Morgan fingerprint density at radius 3 is 2.83 bits per heavy atom. The number of nitro benzene ring substituents is 1. The standard InChI is InChI=1S/C12H13ClN2O3/c1-8-4-3-7-14(8)12(16)9-5-2-6-10(13)11(9)15(17)18/h2,5-6,8H,3-4,7H2,1H3. The van der Waals surface area contributed by atoms with Crippen LogP contribution in [0.15, 0.2) is 18.2 Å². The Morgan fingerprint density at radius 2 is 2.28 bits per heavy atom. The van der Waals surface area contributed by atoms with Crippen LogP contribution in [0.3, 0.4) is 0 Å². The molecule has 0 N–H and O–H groups in total. The van der Waals surface area contributed by atoms with Crippen LogP contribution >= 0.6 is 11.6 Å². The fourth-order valence-corrected chi connectivity index (χ4v) is 2.51. The average Bonchev–Trinajstić information content (AvgIpc) is 2.73. The molecule has 1 unspecified atom stereocenters. The van der Waals surface area contributed by atoms with Gasteiger partial charge >= 0.3 is 5.69 Å². The Hall–Kier alpha value is -1.62. The van der Waals surface area contributed by atoms with Gasteiger partial charge in [-0.1, -0.05) is 17.7 Å². The fraction of sp³-hybridized carbons (Fsp3) is 0.417. The molecular weight excluding hydrogens is 256 g/mol. The Kier molecular flexibility index (Phi) is 3.52. The van der Waals surface area contributed by atoms with Crippen molar-refractivity contribution in [3.8, 4) is 0 Å². The van der Waals surface area contributed by atoms with E-state index in [4.69, 9.17) is 11.6 Å². The molecule has 96 valence electrons. The van der Waals surface area contributed by atoms with Crippen molar-refractivity contribution in [2.45, 2.75) is 25.8 Å². The molecule has 1 amide bonds. The molecule has 0 radical (unpaired) electrons. The zero-order chi connectivity index (χ0) is 13.3. The van der Waals surface area contributed by atoms with Gasteiger partial charge in [0.05, 0.1) is 4.92 Å². The Bertz CT molecular complexity index is 504. The largest absolute Gasteiger partial charge is 0.336 e. The SMILES string of the molecule is CC1CCCN1C(=O)c1cccc(Cl)c1[N+](=O)[O-]. The number of amides is 1. The van der Waals surface area contributed by atoms with Gasteiger partial charge in [-0.05, 0) is 31.9 Å². The molecule has 1 atom stereocenters. The molecule has 1 aliphatic rings. The molecule has 0 saturated carbocycles. The maximum atomic E-state index is 12.3. The number of halogens is 1. The second kappa shape index (κ2) is 4.94. The number of hydrogen-bond donors (Lipinski definition) is 0. The van der Waals surface area contributed by atoms with Crippen molar-refractivity contribution < 1.29 is 9.72 Å². The molecule has 0 aromatic heterocycles. The first-order valence-corrected chi connectivity index (χ1v) is 6.14. The highest BCUT2D eigenvalue weighted by molar-refractivity contribution is 6.33. The minimum atomic E-state index is -0.601. The van der Waals surface area contributed by atoms with Gasteiger partial charge in [0.2, 0.25) is 0 Å². The predicted molar refractivity (Wildman–Crippen MR) is 67.8 cm³/mol. The van der Waals surface area contributed by atoms with E-state index in [0.29, 0.717) is 6.54 Å². The van der Waals surface area contributed by atoms with E-state index in [2.05, 4.69) is 0 Å². The minimum absolute atomic E-state index is 0.00213. The van der Waals surface area contributed by atoms with Crippen molar-refractivity contribution in [3.63, 3.8) is 0 Å². The highest BCUT2D eigenvalue weighted by atomic mass is 35.5. The van der Waals surface area contributed by atoms with E-state index < -0.39 is 4.92 Å². The third kappa shape index (κ3) is 2.18. The lowest BCUT2D eigenvalue weighted by molar-refractivity contribution is -0.385. The Labute approximate surface area is 109 Å². The number of benzene rings is 1. The topological polar surface area (TPSA) is 63.5 Å². The summed E-state index contributed by atoms with van der Waals surface area (Å²) < 4.78 is 0. The Morgan fingerprint density at radius 1 is 1.56 bits per heavy atom. The van der Waals surface area contributed by atoms with Gasteiger partial charge in [-0.2, -0.15) is 0 Å². The molecule has 1 aromatic rings. The van der Waals surface area contributed by atoms with Crippen LogP contribution in [0.4, 0.5) is 5.69 Å². The number of rotatable bonds is 2. The molecule has 0 spiro atoms. The van der Waals surface area contributed by atoms with Crippen molar-refractivity contribution in [1.29, 1.82) is 0 Å². The summed E-state index contributed by atoms with van der Waals surface area (Å²) in [5.74, 6) is -0.311.